The Labute approximate surface area is 115 Å². The molecule has 0 unspecified atom stereocenters. The number of para-hydroxylation sites is 1. The van der Waals surface area contributed by atoms with Gasteiger partial charge >= 0.3 is 0 Å². The molecule has 0 amide bonds. The van der Waals surface area contributed by atoms with Gasteiger partial charge in [0.25, 0.3) is 0 Å². The Hall–Kier alpha value is -2.36. The molecule has 0 spiro atoms. The van der Waals surface area contributed by atoms with E-state index in [2.05, 4.69) is 17.1 Å². The van der Waals surface area contributed by atoms with Gasteiger partial charge in [-0.3, -0.25) is 4.57 Å². The van der Waals surface area contributed by atoms with Crippen molar-refractivity contribution in [3.05, 3.63) is 53.3 Å². The van der Waals surface area contributed by atoms with E-state index in [-0.39, 0.29) is 5.82 Å². The second-order valence-electron chi connectivity index (χ2n) is 5.22. The summed E-state index contributed by atoms with van der Waals surface area (Å²) >= 11 is 0. The molecule has 3 aromatic rings. The topological polar surface area (TPSA) is 43.8 Å². The van der Waals surface area contributed by atoms with Gasteiger partial charge in [0.1, 0.15) is 5.52 Å². The summed E-state index contributed by atoms with van der Waals surface area (Å²) < 4.78 is 15.6. The van der Waals surface area contributed by atoms with Crippen molar-refractivity contribution in [2.24, 2.45) is 0 Å². The number of rotatable bonds is 1. The number of fused-ring (bicyclic) bond motifs is 2. The normalized spacial score (nSPS) is 13.8. The molecule has 1 heterocycles. The molecule has 2 aromatic carbocycles. The van der Waals surface area contributed by atoms with Crippen molar-refractivity contribution in [1.82, 2.24) is 9.55 Å². The molecule has 0 saturated heterocycles. The lowest BCUT2D eigenvalue weighted by molar-refractivity contribution is 0.637. The van der Waals surface area contributed by atoms with Crippen LogP contribution in [0.5, 0.6) is 0 Å². The Morgan fingerprint density at radius 1 is 1.10 bits per heavy atom. The van der Waals surface area contributed by atoms with Gasteiger partial charge in [0.2, 0.25) is 5.95 Å². The third-order valence-electron chi connectivity index (χ3n) is 4.00. The Bertz CT molecular complexity index is 820. The Balaban J connectivity index is 1.98. The number of benzene rings is 2. The average molecular weight is 267 g/mol. The molecule has 0 atom stereocenters. The molecule has 20 heavy (non-hydrogen) atoms. The van der Waals surface area contributed by atoms with E-state index in [0.717, 1.165) is 18.5 Å². The number of halogens is 1. The van der Waals surface area contributed by atoms with Gasteiger partial charge in [-0.25, -0.2) is 9.37 Å². The van der Waals surface area contributed by atoms with E-state index in [4.69, 9.17) is 5.73 Å². The number of nitrogens with two attached hydrogens (primary N) is 1. The molecule has 2 N–H and O–H groups in total. The van der Waals surface area contributed by atoms with Crippen LogP contribution in [0.15, 0.2) is 36.4 Å². The van der Waals surface area contributed by atoms with Crippen LogP contribution in [0.4, 0.5) is 10.3 Å². The molecule has 0 bridgehead atoms. The van der Waals surface area contributed by atoms with Crippen molar-refractivity contribution in [2.45, 2.75) is 19.3 Å². The summed E-state index contributed by atoms with van der Waals surface area (Å²) in [5.74, 6) is -0.0165. The quantitative estimate of drug-likeness (QED) is 0.735. The molecule has 3 nitrogen and oxygen atoms in total. The molecular formula is C16H14FN3. The lowest BCUT2D eigenvalue weighted by Gasteiger charge is -2.09. The second kappa shape index (κ2) is 4.07. The van der Waals surface area contributed by atoms with E-state index < -0.39 is 0 Å². The first kappa shape index (κ1) is 11.5. The average Bonchev–Trinajstić information content (AvgIpc) is 3.02. The lowest BCUT2D eigenvalue weighted by Crippen LogP contribution is -2.01. The van der Waals surface area contributed by atoms with Gasteiger partial charge in [0, 0.05) is 5.69 Å². The minimum atomic E-state index is -0.339. The molecule has 4 rings (SSSR count). The number of hydrogen-bond donors (Lipinski definition) is 1. The van der Waals surface area contributed by atoms with E-state index in [0.29, 0.717) is 17.0 Å². The highest BCUT2D eigenvalue weighted by atomic mass is 19.1. The predicted molar refractivity (Wildman–Crippen MR) is 77.5 cm³/mol. The largest absolute Gasteiger partial charge is 0.369 e. The fourth-order valence-electron chi connectivity index (χ4n) is 3.05. The van der Waals surface area contributed by atoms with E-state index in [9.17, 15) is 4.39 Å². The second-order valence-corrected chi connectivity index (χ2v) is 5.22. The molecule has 1 aliphatic rings. The minimum absolute atomic E-state index is 0.322. The smallest absolute Gasteiger partial charge is 0.206 e. The number of imidazole rings is 1. The first-order valence-electron chi connectivity index (χ1n) is 6.78. The SMILES string of the molecule is Nc1nc2c(F)cccc2n1-c1ccc2c(c1)CCC2. The summed E-state index contributed by atoms with van der Waals surface area (Å²) in [6, 6.07) is 11.2. The molecule has 0 radical (unpaired) electrons. The van der Waals surface area contributed by atoms with Gasteiger partial charge in [-0.1, -0.05) is 12.1 Å². The zero-order chi connectivity index (χ0) is 13.7. The van der Waals surface area contributed by atoms with E-state index in [1.54, 1.807) is 6.07 Å². The Kier molecular flexibility index (Phi) is 2.33. The van der Waals surface area contributed by atoms with Crippen molar-refractivity contribution >= 4 is 17.0 Å². The highest BCUT2D eigenvalue weighted by molar-refractivity contribution is 5.81. The third-order valence-corrected chi connectivity index (χ3v) is 4.00. The van der Waals surface area contributed by atoms with Crippen LogP contribution in [0.1, 0.15) is 17.5 Å². The van der Waals surface area contributed by atoms with Crippen molar-refractivity contribution in [3.63, 3.8) is 0 Å². The molecular weight excluding hydrogens is 253 g/mol. The van der Waals surface area contributed by atoms with Crippen LogP contribution in [0.2, 0.25) is 0 Å². The zero-order valence-electron chi connectivity index (χ0n) is 10.9. The fourth-order valence-corrected chi connectivity index (χ4v) is 3.05. The van der Waals surface area contributed by atoms with Crippen LogP contribution in [-0.2, 0) is 12.8 Å². The molecule has 0 saturated carbocycles. The molecule has 100 valence electrons. The van der Waals surface area contributed by atoms with Gasteiger partial charge in [0.15, 0.2) is 5.82 Å². The van der Waals surface area contributed by atoms with E-state index in [1.165, 1.54) is 23.6 Å². The maximum Gasteiger partial charge on any atom is 0.206 e. The van der Waals surface area contributed by atoms with Crippen molar-refractivity contribution in [1.29, 1.82) is 0 Å². The predicted octanol–water partition coefficient (Wildman–Crippen LogP) is 3.24. The van der Waals surface area contributed by atoms with Gasteiger partial charge < -0.3 is 5.73 Å². The minimum Gasteiger partial charge on any atom is -0.369 e. The van der Waals surface area contributed by atoms with Crippen LogP contribution in [0.3, 0.4) is 0 Å². The zero-order valence-corrected chi connectivity index (χ0v) is 10.9. The number of aromatic nitrogens is 2. The fraction of sp³-hybridized carbons (Fsp3) is 0.188. The summed E-state index contributed by atoms with van der Waals surface area (Å²) in [5.41, 5.74) is 10.7. The van der Waals surface area contributed by atoms with Crippen LogP contribution in [0.25, 0.3) is 16.7 Å². The van der Waals surface area contributed by atoms with Crippen LogP contribution in [-0.4, -0.2) is 9.55 Å². The Morgan fingerprint density at radius 3 is 2.85 bits per heavy atom. The maximum atomic E-state index is 13.8. The van der Waals surface area contributed by atoms with Crippen molar-refractivity contribution in [2.75, 3.05) is 5.73 Å². The van der Waals surface area contributed by atoms with Gasteiger partial charge in [-0.15, -0.1) is 0 Å². The monoisotopic (exact) mass is 267 g/mol. The van der Waals surface area contributed by atoms with Gasteiger partial charge in [-0.05, 0) is 54.7 Å². The number of nitrogens with zero attached hydrogens (tertiary/aromatic N) is 2. The highest BCUT2D eigenvalue weighted by Crippen LogP contribution is 2.29. The Morgan fingerprint density at radius 2 is 1.95 bits per heavy atom. The molecule has 1 aliphatic carbocycles. The number of anilines is 1. The lowest BCUT2D eigenvalue weighted by atomic mass is 10.1. The van der Waals surface area contributed by atoms with Gasteiger partial charge in [-0.2, -0.15) is 0 Å². The first-order chi connectivity index (χ1) is 9.74. The standard InChI is InChI=1S/C16H14FN3/c17-13-5-2-6-14-15(13)19-16(18)20(14)12-8-7-10-3-1-4-11(10)9-12/h2,5-9H,1,3-4H2,(H2,18,19). The molecule has 4 heteroatoms. The summed E-state index contributed by atoms with van der Waals surface area (Å²) in [4.78, 5) is 4.15. The van der Waals surface area contributed by atoms with E-state index >= 15 is 0 Å². The third kappa shape index (κ3) is 1.54. The van der Waals surface area contributed by atoms with Gasteiger partial charge in [0.05, 0.1) is 5.52 Å². The molecule has 0 fully saturated rings. The first-order valence-corrected chi connectivity index (χ1v) is 6.78. The highest BCUT2D eigenvalue weighted by Gasteiger charge is 2.16. The maximum absolute atomic E-state index is 13.8. The van der Waals surface area contributed by atoms with Crippen LogP contribution < -0.4 is 5.73 Å². The van der Waals surface area contributed by atoms with Crippen molar-refractivity contribution in [3.8, 4) is 5.69 Å². The van der Waals surface area contributed by atoms with Crippen LogP contribution in [0, 0.1) is 5.82 Å². The van der Waals surface area contributed by atoms with Crippen molar-refractivity contribution < 1.29 is 4.39 Å². The number of hydrogen-bond acceptors (Lipinski definition) is 2. The van der Waals surface area contributed by atoms with Crippen LogP contribution >= 0.6 is 0 Å². The number of nitrogen functional groups attached to an aromatic ring is 1. The summed E-state index contributed by atoms with van der Waals surface area (Å²) in [7, 11) is 0. The molecule has 1 aromatic heterocycles. The molecule has 0 aliphatic heterocycles. The number of aryl methyl sites for hydroxylation is 2. The summed E-state index contributed by atoms with van der Waals surface area (Å²) in [5, 5.41) is 0. The summed E-state index contributed by atoms with van der Waals surface area (Å²) in [6.45, 7) is 0. The van der Waals surface area contributed by atoms with E-state index in [1.807, 2.05) is 16.7 Å². The summed E-state index contributed by atoms with van der Waals surface area (Å²) in [6.07, 6.45) is 3.45.